The highest BCUT2D eigenvalue weighted by Crippen LogP contribution is 2.42. The van der Waals surface area contributed by atoms with Crippen molar-refractivity contribution < 1.29 is 14.7 Å². The van der Waals surface area contributed by atoms with Crippen LogP contribution in [-0.4, -0.2) is 63.5 Å². The van der Waals surface area contributed by atoms with E-state index in [2.05, 4.69) is 30.7 Å². The van der Waals surface area contributed by atoms with Crippen LogP contribution in [0.5, 0.6) is 0 Å². The number of piperazine rings is 1. The number of carbonyl (C=O) groups excluding carboxylic acids is 2. The van der Waals surface area contributed by atoms with Gasteiger partial charge in [-0.05, 0) is 35.2 Å². The molecule has 0 saturated carbocycles. The first-order valence-corrected chi connectivity index (χ1v) is 11.2. The Balaban J connectivity index is 1.48. The van der Waals surface area contributed by atoms with Crippen LogP contribution >= 0.6 is 0 Å². The number of benzene rings is 1. The Morgan fingerprint density at radius 2 is 2.03 bits per heavy atom. The van der Waals surface area contributed by atoms with E-state index in [0.29, 0.717) is 12.5 Å². The molecule has 1 N–H and O–H groups in total. The molecular formula is C26H29N3O3. The summed E-state index contributed by atoms with van der Waals surface area (Å²) in [4.78, 5) is 33.1. The van der Waals surface area contributed by atoms with E-state index >= 15 is 0 Å². The highest BCUT2D eigenvalue weighted by atomic mass is 16.3. The Morgan fingerprint density at radius 3 is 2.69 bits per heavy atom. The van der Waals surface area contributed by atoms with Gasteiger partial charge in [0.1, 0.15) is 0 Å². The second-order valence-electron chi connectivity index (χ2n) is 8.98. The highest BCUT2D eigenvalue weighted by Gasteiger charge is 2.54. The van der Waals surface area contributed by atoms with Crippen LogP contribution in [0.2, 0.25) is 0 Å². The average molecular weight is 432 g/mol. The lowest BCUT2D eigenvalue weighted by Gasteiger charge is -2.58. The van der Waals surface area contributed by atoms with Gasteiger partial charge in [-0.2, -0.15) is 0 Å². The van der Waals surface area contributed by atoms with E-state index in [4.69, 9.17) is 0 Å². The number of hydrogen-bond acceptors (Lipinski definition) is 4. The Kier molecular flexibility index (Phi) is 6.57. The quantitative estimate of drug-likeness (QED) is 0.737. The number of fused-ring (bicyclic) bond motifs is 1. The van der Waals surface area contributed by atoms with Crippen molar-refractivity contribution >= 4 is 11.8 Å². The summed E-state index contributed by atoms with van der Waals surface area (Å²) >= 11 is 0. The zero-order chi connectivity index (χ0) is 22.7. The van der Waals surface area contributed by atoms with E-state index < -0.39 is 0 Å². The first-order chi connectivity index (χ1) is 15.5. The molecule has 32 heavy (non-hydrogen) atoms. The lowest BCUT2D eigenvalue weighted by Crippen LogP contribution is -2.73. The lowest BCUT2D eigenvalue weighted by molar-refractivity contribution is -0.166. The molecule has 6 nitrogen and oxygen atoms in total. The third-order valence-corrected chi connectivity index (χ3v) is 6.22. The van der Waals surface area contributed by atoms with Gasteiger partial charge in [0.15, 0.2) is 0 Å². The average Bonchev–Trinajstić information content (AvgIpc) is 2.76. The van der Waals surface area contributed by atoms with Crippen molar-refractivity contribution in [2.45, 2.75) is 44.7 Å². The first kappa shape index (κ1) is 22.0. The van der Waals surface area contributed by atoms with Gasteiger partial charge < -0.3 is 14.9 Å². The molecule has 2 saturated heterocycles. The van der Waals surface area contributed by atoms with Crippen molar-refractivity contribution in [3.63, 3.8) is 0 Å². The van der Waals surface area contributed by atoms with E-state index in [1.807, 2.05) is 30.3 Å². The zero-order valence-electron chi connectivity index (χ0n) is 18.6. The summed E-state index contributed by atoms with van der Waals surface area (Å²) in [5.74, 6) is 6.74. The van der Waals surface area contributed by atoms with Crippen molar-refractivity contribution in [3.8, 4) is 11.8 Å². The molecule has 0 aliphatic carbocycles. The van der Waals surface area contributed by atoms with Gasteiger partial charge in [-0.15, -0.1) is 0 Å². The van der Waals surface area contributed by atoms with Crippen LogP contribution in [-0.2, 0) is 16.0 Å². The number of carbonyl (C=O) groups is 2. The Hall–Kier alpha value is -3.17. The molecule has 4 rings (SSSR count). The number of aromatic nitrogens is 1. The summed E-state index contributed by atoms with van der Waals surface area (Å²) < 4.78 is 0. The normalized spacial score (nSPS) is 22.1. The Morgan fingerprint density at radius 1 is 1.25 bits per heavy atom. The largest absolute Gasteiger partial charge is 0.394 e. The van der Waals surface area contributed by atoms with Crippen LogP contribution in [0.25, 0.3) is 0 Å². The molecular weight excluding hydrogens is 402 g/mol. The molecule has 166 valence electrons. The fourth-order valence-electron chi connectivity index (χ4n) is 4.62. The molecule has 0 spiro atoms. The predicted octanol–water partition coefficient (Wildman–Crippen LogP) is 2.22. The molecule has 3 heterocycles. The van der Waals surface area contributed by atoms with Crippen LogP contribution in [0.1, 0.15) is 42.9 Å². The monoisotopic (exact) mass is 431 g/mol. The van der Waals surface area contributed by atoms with Crippen LogP contribution in [0.3, 0.4) is 0 Å². The summed E-state index contributed by atoms with van der Waals surface area (Å²) in [6.07, 6.45) is 4.44. The molecule has 0 radical (unpaired) electrons. The molecule has 0 bridgehead atoms. The molecule has 1 aromatic heterocycles. The standard InChI is InChI=1S/C26H29N3O3/c1-18(2)5-3-6-19-8-10-21(11-9-19)26-22-15-28(16-25(32)29(22)23(26)17-30)24(31)13-20-7-4-12-27-14-20/h4,7-12,14,18,22-23,26,30H,5,13,15-17H2,1-2H3/t22-,23-,26+/m0/s1. The third-order valence-electron chi connectivity index (χ3n) is 6.22. The maximum atomic E-state index is 12.8. The Labute approximate surface area is 189 Å². The fourth-order valence-corrected chi connectivity index (χ4v) is 4.62. The second-order valence-corrected chi connectivity index (χ2v) is 8.98. The van der Waals surface area contributed by atoms with Gasteiger partial charge in [-0.25, -0.2) is 0 Å². The van der Waals surface area contributed by atoms with Gasteiger partial charge >= 0.3 is 0 Å². The third kappa shape index (κ3) is 4.53. The maximum absolute atomic E-state index is 12.8. The number of pyridine rings is 1. The van der Waals surface area contributed by atoms with Gasteiger partial charge in [0.2, 0.25) is 11.8 Å². The molecule has 2 aliphatic heterocycles. The zero-order valence-corrected chi connectivity index (χ0v) is 18.6. The van der Waals surface area contributed by atoms with Crippen LogP contribution in [0.15, 0.2) is 48.8 Å². The summed E-state index contributed by atoms with van der Waals surface area (Å²) in [5, 5.41) is 9.96. The second kappa shape index (κ2) is 9.54. The minimum atomic E-state index is -0.249. The van der Waals surface area contributed by atoms with E-state index in [9.17, 15) is 14.7 Å². The fraction of sp³-hybridized carbons (Fsp3) is 0.423. The van der Waals surface area contributed by atoms with Gasteiger partial charge in [0.05, 0.1) is 31.7 Å². The summed E-state index contributed by atoms with van der Waals surface area (Å²) in [6, 6.07) is 11.4. The maximum Gasteiger partial charge on any atom is 0.242 e. The number of aliphatic hydroxyl groups is 1. The highest BCUT2D eigenvalue weighted by molar-refractivity contribution is 5.88. The van der Waals surface area contributed by atoms with Crippen LogP contribution in [0, 0.1) is 17.8 Å². The molecule has 2 amide bonds. The number of nitrogens with zero attached hydrogens (tertiary/aromatic N) is 3. The van der Waals surface area contributed by atoms with Crippen molar-refractivity contribution in [1.82, 2.24) is 14.8 Å². The molecule has 2 aromatic rings. The SMILES string of the molecule is CC(C)CC#Cc1ccc([C@H]2[C@H](CO)N3C(=O)CN(C(=O)Cc4cccnc4)C[C@@H]23)cc1. The molecule has 6 heteroatoms. The van der Waals surface area contributed by atoms with Crippen LogP contribution < -0.4 is 0 Å². The Bertz CT molecular complexity index is 1020. The first-order valence-electron chi connectivity index (χ1n) is 11.2. The van der Waals surface area contributed by atoms with E-state index in [-0.39, 0.29) is 49.4 Å². The van der Waals surface area contributed by atoms with E-state index in [0.717, 1.165) is 23.1 Å². The topological polar surface area (TPSA) is 73.7 Å². The molecule has 2 fully saturated rings. The minimum absolute atomic E-state index is 0.00406. The molecule has 2 aliphatic rings. The van der Waals surface area contributed by atoms with Crippen molar-refractivity contribution in [2.24, 2.45) is 5.92 Å². The minimum Gasteiger partial charge on any atom is -0.394 e. The number of amides is 2. The van der Waals surface area contributed by atoms with Crippen molar-refractivity contribution in [1.29, 1.82) is 0 Å². The van der Waals surface area contributed by atoms with E-state index in [1.165, 1.54) is 0 Å². The molecule has 0 unspecified atom stereocenters. The van der Waals surface area contributed by atoms with Gasteiger partial charge in [-0.3, -0.25) is 14.6 Å². The molecule has 1 aromatic carbocycles. The summed E-state index contributed by atoms with van der Waals surface area (Å²) in [6.45, 7) is 4.73. The summed E-state index contributed by atoms with van der Waals surface area (Å²) in [7, 11) is 0. The van der Waals surface area contributed by atoms with E-state index in [1.54, 1.807) is 28.3 Å². The molecule has 3 atom stereocenters. The van der Waals surface area contributed by atoms with Crippen molar-refractivity contribution in [2.75, 3.05) is 19.7 Å². The predicted molar refractivity (Wildman–Crippen MR) is 122 cm³/mol. The number of aliphatic hydroxyl groups excluding tert-OH is 1. The van der Waals surface area contributed by atoms with Crippen LogP contribution in [0.4, 0.5) is 0 Å². The van der Waals surface area contributed by atoms with Gasteiger partial charge in [0, 0.05) is 36.8 Å². The van der Waals surface area contributed by atoms with Gasteiger partial charge in [0.25, 0.3) is 0 Å². The van der Waals surface area contributed by atoms with Crippen molar-refractivity contribution in [3.05, 3.63) is 65.5 Å². The number of hydrogen-bond donors (Lipinski definition) is 1. The smallest absolute Gasteiger partial charge is 0.242 e. The van der Waals surface area contributed by atoms with Gasteiger partial charge in [-0.1, -0.05) is 43.9 Å². The summed E-state index contributed by atoms with van der Waals surface area (Å²) in [5.41, 5.74) is 2.85. The lowest BCUT2D eigenvalue weighted by atomic mass is 9.73. The number of rotatable bonds is 5.